The smallest absolute Gasteiger partial charge is 0.303 e. The van der Waals surface area contributed by atoms with Crippen molar-refractivity contribution in [3.63, 3.8) is 0 Å². The maximum Gasteiger partial charge on any atom is 0.303 e. The summed E-state index contributed by atoms with van der Waals surface area (Å²) in [4.78, 5) is 20.6. The highest BCUT2D eigenvalue weighted by molar-refractivity contribution is 7.89. The highest BCUT2D eigenvalue weighted by Gasteiger charge is 2.19. The first-order valence-corrected chi connectivity index (χ1v) is 5.80. The van der Waals surface area contributed by atoms with Gasteiger partial charge in [0.1, 0.15) is 0 Å². The zero-order valence-corrected chi connectivity index (χ0v) is 9.16. The number of carboxylic acid groups (broad SMARTS) is 1. The van der Waals surface area contributed by atoms with Crippen LogP contribution in [-0.2, 0) is 19.6 Å². The second-order valence-corrected chi connectivity index (χ2v) is 5.23. The average Bonchev–Trinajstić information content (AvgIpc) is 2.01. The maximum atomic E-state index is 11.4. The molecule has 0 radical (unpaired) electrons. The van der Waals surface area contributed by atoms with Gasteiger partial charge >= 0.3 is 5.97 Å². The Balaban J connectivity index is 4.17. The molecule has 3 N–H and O–H groups in total. The van der Waals surface area contributed by atoms with Crippen molar-refractivity contribution in [2.75, 3.05) is 19.3 Å². The van der Waals surface area contributed by atoms with E-state index in [1.54, 1.807) is 0 Å². The molecule has 0 saturated carbocycles. The number of carboxylic acids is 1. The van der Waals surface area contributed by atoms with Gasteiger partial charge in [-0.25, -0.2) is 8.42 Å². The van der Waals surface area contributed by atoms with E-state index in [0.717, 1.165) is 4.31 Å². The molecule has 7 nitrogen and oxygen atoms in total. The number of hydrogen-bond acceptors (Lipinski definition) is 4. The number of sulfonamides is 1. The lowest BCUT2D eigenvalue weighted by molar-refractivity contribution is -0.137. The Morgan fingerprint density at radius 2 is 1.93 bits per heavy atom. The SMILES string of the molecule is CN(CC(N)=O)S(=O)(=O)CCCC(=O)O. The molecule has 0 spiro atoms. The zero-order valence-electron chi connectivity index (χ0n) is 8.34. The fourth-order valence-electron chi connectivity index (χ4n) is 0.879. The van der Waals surface area contributed by atoms with E-state index < -0.39 is 28.4 Å². The van der Waals surface area contributed by atoms with Crippen LogP contribution in [0.4, 0.5) is 0 Å². The van der Waals surface area contributed by atoms with Gasteiger partial charge in [0, 0.05) is 13.5 Å². The Kier molecular flexibility index (Phi) is 5.23. The topological polar surface area (TPSA) is 118 Å². The fraction of sp³-hybridized carbons (Fsp3) is 0.714. The summed E-state index contributed by atoms with van der Waals surface area (Å²) in [7, 11) is -2.36. The minimum Gasteiger partial charge on any atom is -0.481 e. The molecule has 0 bridgehead atoms. The number of rotatable bonds is 7. The predicted molar refractivity (Wildman–Crippen MR) is 52.5 cm³/mol. The quantitative estimate of drug-likeness (QED) is 0.565. The second-order valence-electron chi connectivity index (χ2n) is 3.04. The van der Waals surface area contributed by atoms with Crippen molar-refractivity contribution in [1.29, 1.82) is 0 Å². The normalized spacial score (nSPS) is 11.6. The third kappa shape index (κ3) is 6.02. The maximum absolute atomic E-state index is 11.4. The summed E-state index contributed by atoms with van der Waals surface area (Å²) in [5.41, 5.74) is 4.83. The van der Waals surface area contributed by atoms with E-state index >= 15 is 0 Å². The number of amides is 1. The van der Waals surface area contributed by atoms with Gasteiger partial charge < -0.3 is 10.8 Å². The zero-order chi connectivity index (χ0) is 12.1. The Morgan fingerprint density at radius 3 is 2.33 bits per heavy atom. The number of hydrogen-bond donors (Lipinski definition) is 2. The third-order valence-corrected chi connectivity index (χ3v) is 3.53. The standard InChI is InChI=1S/C7H14N2O5S/c1-9(5-6(8)10)15(13,14)4-2-3-7(11)12/h2-5H2,1H3,(H2,8,10)(H,11,12). The Labute approximate surface area is 87.9 Å². The Hall–Kier alpha value is -1.15. The molecule has 0 aromatic rings. The van der Waals surface area contributed by atoms with Gasteiger partial charge in [-0.3, -0.25) is 9.59 Å². The summed E-state index contributed by atoms with van der Waals surface area (Å²) >= 11 is 0. The molecule has 0 aromatic carbocycles. The van der Waals surface area contributed by atoms with Gasteiger partial charge in [0.15, 0.2) is 0 Å². The number of nitrogens with zero attached hydrogens (tertiary/aromatic N) is 1. The summed E-state index contributed by atoms with van der Waals surface area (Å²) in [5.74, 6) is -2.11. The number of likely N-dealkylation sites (N-methyl/N-ethyl adjacent to an activating group) is 1. The number of nitrogens with two attached hydrogens (primary N) is 1. The fourth-order valence-corrected chi connectivity index (χ4v) is 2.02. The van der Waals surface area contributed by atoms with Crippen LogP contribution in [0.3, 0.4) is 0 Å². The molecule has 0 aliphatic rings. The molecule has 0 aliphatic heterocycles. The third-order valence-electron chi connectivity index (χ3n) is 1.65. The predicted octanol–water partition coefficient (Wildman–Crippen LogP) is -1.40. The van der Waals surface area contributed by atoms with Gasteiger partial charge in [-0.15, -0.1) is 0 Å². The van der Waals surface area contributed by atoms with Crippen molar-refractivity contribution in [2.24, 2.45) is 5.73 Å². The highest BCUT2D eigenvalue weighted by Crippen LogP contribution is 2.01. The summed E-state index contributed by atoms with van der Waals surface area (Å²) in [5, 5.41) is 8.31. The van der Waals surface area contributed by atoms with Gasteiger partial charge in [-0.2, -0.15) is 4.31 Å². The number of carbonyl (C=O) groups excluding carboxylic acids is 1. The van der Waals surface area contributed by atoms with Crippen LogP contribution in [0.2, 0.25) is 0 Å². The van der Waals surface area contributed by atoms with Crippen molar-refractivity contribution in [2.45, 2.75) is 12.8 Å². The van der Waals surface area contributed by atoms with E-state index in [4.69, 9.17) is 10.8 Å². The van der Waals surface area contributed by atoms with Crippen molar-refractivity contribution in [3.8, 4) is 0 Å². The van der Waals surface area contributed by atoms with Gasteiger partial charge in [-0.05, 0) is 6.42 Å². The molecule has 15 heavy (non-hydrogen) atoms. The molecule has 1 amide bonds. The number of carbonyl (C=O) groups is 2. The minimum atomic E-state index is -3.58. The largest absolute Gasteiger partial charge is 0.481 e. The first kappa shape index (κ1) is 13.8. The van der Waals surface area contributed by atoms with Crippen LogP contribution < -0.4 is 5.73 Å². The molecule has 0 aromatic heterocycles. The number of aliphatic carboxylic acids is 1. The van der Waals surface area contributed by atoms with Crippen LogP contribution in [0, 0.1) is 0 Å². The molecule has 8 heteroatoms. The lowest BCUT2D eigenvalue weighted by atomic mass is 10.3. The number of primary amides is 1. The average molecular weight is 238 g/mol. The molecule has 0 heterocycles. The van der Waals surface area contributed by atoms with Crippen molar-refractivity contribution < 1.29 is 23.1 Å². The summed E-state index contributed by atoms with van der Waals surface area (Å²) in [6.07, 6.45) is -0.204. The van der Waals surface area contributed by atoms with Gasteiger partial charge in [0.25, 0.3) is 0 Å². The molecular formula is C7H14N2O5S. The minimum absolute atomic E-state index is 0.0147. The van der Waals surface area contributed by atoms with E-state index in [1.807, 2.05) is 0 Å². The molecule has 0 fully saturated rings. The first-order chi connectivity index (χ1) is 6.75. The summed E-state index contributed by atoms with van der Waals surface area (Å²) in [6, 6.07) is 0. The molecule has 0 atom stereocenters. The van der Waals surface area contributed by atoms with Crippen LogP contribution in [0.1, 0.15) is 12.8 Å². The molecule has 88 valence electrons. The summed E-state index contributed by atoms with van der Waals surface area (Å²) in [6.45, 7) is -0.393. The molecular weight excluding hydrogens is 224 g/mol. The summed E-state index contributed by atoms with van der Waals surface area (Å²) < 4.78 is 23.6. The lowest BCUT2D eigenvalue weighted by Gasteiger charge is -2.14. The first-order valence-electron chi connectivity index (χ1n) is 4.20. The lowest BCUT2D eigenvalue weighted by Crippen LogP contribution is -2.36. The van der Waals surface area contributed by atoms with Crippen LogP contribution in [0.25, 0.3) is 0 Å². The Bertz CT molecular complexity index is 337. The van der Waals surface area contributed by atoms with E-state index in [2.05, 4.69) is 0 Å². The Morgan fingerprint density at radius 1 is 1.40 bits per heavy atom. The van der Waals surface area contributed by atoms with Crippen molar-refractivity contribution in [3.05, 3.63) is 0 Å². The van der Waals surface area contributed by atoms with Gasteiger partial charge in [0.2, 0.25) is 15.9 Å². The molecule has 0 saturated heterocycles. The molecule has 0 aliphatic carbocycles. The van der Waals surface area contributed by atoms with Crippen LogP contribution in [0.5, 0.6) is 0 Å². The second kappa shape index (κ2) is 5.66. The van der Waals surface area contributed by atoms with Crippen LogP contribution >= 0.6 is 0 Å². The van der Waals surface area contributed by atoms with E-state index in [9.17, 15) is 18.0 Å². The van der Waals surface area contributed by atoms with Crippen LogP contribution in [-0.4, -0.2) is 49.1 Å². The van der Waals surface area contributed by atoms with Crippen molar-refractivity contribution in [1.82, 2.24) is 4.31 Å². The van der Waals surface area contributed by atoms with Crippen molar-refractivity contribution >= 4 is 21.9 Å². The monoisotopic (exact) mass is 238 g/mol. The van der Waals surface area contributed by atoms with E-state index in [-0.39, 0.29) is 18.6 Å². The van der Waals surface area contributed by atoms with Gasteiger partial charge in [-0.1, -0.05) is 0 Å². The molecule has 0 rings (SSSR count). The van der Waals surface area contributed by atoms with Crippen LogP contribution in [0.15, 0.2) is 0 Å². The highest BCUT2D eigenvalue weighted by atomic mass is 32.2. The van der Waals surface area contributed by atoms with E-state index in [0.29, 0.717) is 0 Å². The van der Waals surface area contributed by atoms with E-state index in [1.165, 1.54) is 7.05 Å². The van der Waals surface area contributed by atoms with Gasteiger partial charge in [0.05, 0.1) is 12.3 Å². The molecule has 0 unspecified atom stereocenters.